The largest absolute Gasteiger partial charge is 0.441 e. The normalized spacial score (nSPS) is 10.8. The van der Waals surface area contributed by atoms with Crippen molar-refractivity contribution in [2.45, 2.75) is 32.6 Å². The SMILES string of the molecule is CCCCN(C)C(=O)CCc1ncc(-c2ccc(F)cc2F)o1. The molecule has 1 amide bonds. The summed E-state index contributed by atoms with van der Waals surface area (Å²) in [4.78, 5) is 17.7. The van der Waals surface area contributed by atoms with E-state index < -0.39 is 11.6 Å². The fourth-order valence-corrected chi connectivity index (χ4v) is 2.16. The molecule has 0 spiro atoms. The molecule has 0 aliphatic rings. The van der Waals surface area contributed by atoms with Gasteiger partial charge in [0.2, 0.25) is 5.91 Å². The van der Waals surface area contributed by atoms with E-state index in [1.807, 2.05) is 0 Å². The van der Waals surface area contributed by atoms with Crippen LogP contribution in [-0.4, -0.2) is 29.4 Å². The first-order valence-corrected chi connectivity index (χ1v) is 7.65. The van der Waals surface area contributed by atoms with Crippen molar-refractivity contribution in [1.29, 1.82) is 0 Å². The Hall–Kier alpha value is -2.24. The molecular weight excluding hydrogens is 302 g/mol. The van der Waals surface area contributed by atoms with Gasteiger partial charge in [-0.15, -0.1) is 0 Å². The number of rotatable bonds is 7. The van der Waals surface area contributed by atoms with Crippen molar-refractivity contribution in [2.75, 3.05) is 13.6 Å². The third-order valence-electron chi connectivity index (χ3n) is 3.58. The highest BCUT2D eigenvalue weighted by Gasteiger charge is 2.14. The minimum Gasteiger partial charge on any atom is -0.441 e. The van der Waals surface area contributed by atoms with E-state index in [0.717, 1.165) is 31.5 Å². The van der Waals surface area contributed by atoms with Crippen LogP contribution in [0, 0.1) is 11.6 Å². The van der Waals surface area contributed by atoms with Crippen molar-refractivity contribution in [3.63, 3.8) is 0 Å². The zero-order valence-electron chi connectivity index (χ0n) is 13.3. The molecule has 6 heteroatoms. The molecule has 4 nitrogen and oxygen atoms in total. The fourth-order valence-electron chi connectivity index (χ4n) is 2.16. The molecule has 1 heterocycles. The summed E-state index contributed by atoms with van der Waals surface area (Å²) in [5.74, 6) is -0.744. The van der Waals surface area contributed by atoms with Crippen LogP contribution in [0.1, 0.15) is 32.1 Å². The number of unbranched alkanes of at least 4 members (excludes halogenated alkanes) is 1. The molecule has 0 saturated heterocycles. The molecule has 0 aliphatic carbocycles. The van der Waals surface area contributed by atoms with E-state index in [1.54, 1.807) is 11.9 Å². The van der Waals surface area contributed by atoms with Gasteiger partial charge in [0.25, 0.3) is 0 Å². The molecule has 0 aliphatic heterocycles. The van der Waals surface area contributed by atoms with Gasteiger partial charge < -0.3 is 9.32 Å². The van der Waals surface area contributed by atoms with Gasteiger partial charge in [0.05, 0.1) is 11.8 Å². The lowest BCUT2D eigenvalue weighted by atomic mass is 10.2. The van der Waals surface area contributed by atoms with Crippen LogP contribution in [0.15, 0.2) is 28.8 Å². The Bertz CT molecular complexity index is 670. The summed E-state index contributed by atoms with van der Waals surface area (Å²) >= 11 is 0. The van der Waals surface area contributed by atoms with Crippen molar-refractivity contribution in [2.24, 2.45) is 0 Å². The predicted molar refractivity (Wildman–Crippen MR) is 82.7 cm³/mol. The quantitative estimate of drug-likeness (QED) is 0.779. The van der Waals surface area contributed by atoms with Crippen LogP contribution < -0.4 is 0 Å². The fraction of sp³-hybridized carbons (Fsp3) is 0.412. The molecule has 23 heavy (non-hydrogen) atoms. The summed E-state index contributed by atoms with van der Waals surface area (Å²) in [7, 11) is 1.77. The van der Waals surface area contributed by atoms with Crippen LogP contribution in [-0.2, 0) is 11.2 Å². The summed E-state index contributed by atoms with van der Waals surface area (Å²) < 4.78 is 32.1. The Balaban J connectivity index is 1.96. The molecule has 0 fully saturated rings. The zero-order valence-corrected chi connectivity index (χ0v) is 13.3. The minimum absolute atomic E-state index is 0.0196. The Morgan fingerprint density at radius 1 is 1.35 bits per heavy atom. The molecular formula is C17H20F2N2O2. The zero-order chi connectivity index (χ0) is 16.8. The lowest BCUT2D eigenvalue weighted by Crippen LogP contribution is -2.27. The number of hydrogen-bond donors (Lipinski definition) is 0. The topological polar surface area (TPSA) is 46.3 Å². The number of aryl methyl sites for hydroxylation is 1. The second-order valence-electron chi connectivity index (χ2n) is 5.41. The van der Waals surface area contributed by atoms with E-state index in [1.165, 1.54) is 12.3 Å². The number of carbonyl (C=O) groups excluding carboxylic acids is 1. The molecule has 1 aromatic heterocycles. The molecule has 2 aromatic rings. The van der Waals surface area contributed by atoms with E-state index in [-0.39, 0.29) is 23.7 Å². The van der Waals surface area contributed by atoms with E-state index in [4.69, 9.17) is 4.42 Å². The van der Waals surface area contributed by atoms with Crippen molar-refractivity contribution in [3.05, 3.63) is 41.9 Å². The maximum atomic E-state index is 13.7. The number of nitrogens with zero attached hydrogens (tertiary/aromatic N) is 2. The van der Waals surface area contributed by atoms with Gasteiger partial charge in [0.1, 0.15) is 11.6 Å². The summed E-state index contributed by atoms with van der Waals surface area (Å²) in [5.41, 5.74) is 0.150. The van der Waals surface area contributed by atoms with E-state index >= 15 is 0 Å². The third-order valence-corrected chi connectivity index (χ3v) is 3.58. The highest BCUT2D eigenvalue weighted by molar-refractivity contribution is 5.76. The van der Waals surface area contributed by atoms with Gasteiger partial charge in [-0.05, 0) is 18.6 Å². The van der Waals surface area contributed by atoms with Crippen LogP contribution in [0.2, 0.25) is 0 Å². The van der Waals surface area contributed by atoms with Crippen LogP contribution in [0.25, 0.3) is 11.3 Å². The highest BCUT2D eigenvalue weighted by Crippen LogP contribution is 2.24. The highest BCUT2D eigenvalue weighted by atomic mass is 19.1. The maximum absolute atomic E-state index is 13.7. The van der Waals surface area contributed by atoms with Crippen LogP contribution in [0.3, 0.4) is 0 Å². The van der Waals surface area contributed by atoms with Gasteiger partial charge in [0.15, 0.2) is 11.7 Å². The predicted octanol–water partition coefficient (Wildman–Crippen LogP) is 3.81. The number of oxazole rings is 1. The van der Waals surface area contributed by atoms with Crippen LogP contribution >= 0.6 is 0 Å². The first-order valence-electron chi connectivity index (χ1n) is 7.65. The second-order valence-corrected chi connectivity index (χ2v) is 5.41. The lowest BCUT2D eigenvalue weighted by Gasteiger charge is -2.15. The van der Waals surface area contributed by atoms with E-state index in [9.17, 15) is 13.6 Å². The lowest BCUT2D eigenvalue weighted by molar-refractivity contribution is -0.130. The van der Waals surface area contributed by atoms with Crippen molar-refractivity contribution < 1.29 is 18.0 Å². The molecule has 0 N–H and O–H groups in total. The first kappa shape index (κ1) is 17.1. The smallest absolute Gasteiger partial charge is 0.222 e. The van der Waals surface area contributed by atoms with Gasteiger partial charge in [-0.2, -0.15) is 0 Å². The van der Waals surface area contributed by atoms with E-state index in [0.29, 0.717) is 12.3 Å². The van der Waals surface area contributed by atoms with Gasteiger partial charge in [-0.3, -0.25) is 4.79 Å². The molecule has 0 saturated carbocycles. The standard InChI is InChI=1S/C17H20F2N2O2/c1-3-4-9-21(2)17(22)8-7-16-20-11-15(23-16)13-6-5-12(18)10-14(13)19/h5-6,10-11H,3-4,7-9H2,1-2H3. The molecule has 1 aromatic carbocycles. The van der Waals surface area contributed by atoms with Crippen LogP contribution in [0.4, 0.5) is 8.78 Å². The summed E-state index contributed by atoms with van der Waals surface area (Å²) in [6.45, 7) is 2.80. The number of amides is 1. The third kappa shape index (κ3) is 4.61. The van der Waals surface area contributed by atoms with Crippen molar-refractivity contribution in [1.82, 2.24) is 9.88 Å². The van der Waals surface area contributed by atoms with Crippen LogP contribution in [0.5, 0.6) is 0 Å². The number of hydrogen-bond acceptors (Lipinski definition) is 3. The molecule has 124 valence electrons. The first-order chi connectivity index (χ1) is 11.0. The average molecular weight is 322 g/mol. The molecule has 0 atom stereocenters. The number of benzene rings is 1. The number of carbonyl (C=O) groups is 1. The number of aromatic nitrogens is 1. The molecule has 2 rings (SSSR count). The summed E-state index contributed by atoms with van der Waals surface area (Å²) in [6, 6.07) is 3.26. The summed E-state index contributed by atoms with van der Waals surface area (Å²) in [5, 5.41) is 0. The summed E-state index contributed by atoms with van der Waals surface area (Å²) in [6.07, 6.45) is 4.01. The Morgan fingerprint density at radius 2 is 2.13 bits per heavy atom. The van der Waals surface area contributed by atoms with Gasteiger partial charge >= 0.3 is 0 Å². The molecule has 0 radical (unpaired) electrons. The Morgan fingerprint density at radius 3 is 2.83 bits per heavy atom. The number of halogens is 2. The van der Waals surface area contributed by atoms with Crippen molar-refractivity contribution >= 4 is 5.91 Å². The Kier molecular flexibility index (Phi) is 5.84. The van der Waals surface area contributed by atoms with Gasteiger partial charge in [-0.25, -0.2) is 13.8 Å². The minimum atomic E-state index is -0.705. The van der Waals surface area contributed by atoms with E-state index in [2.05, 4.69) is 11.9 Å². The molecule has 0 bridgehead atoms. The van der Waals surface area contributed by atoms with Crippen molar-refractivity contribution in [3.8, 4) is 11.3 Å². The maximum Gasteiger partial charge on any atom is 0.222 e. The van der Waals surface area contributed by atoms with Gasteiger partial charge in [-0.1, -0.05) is 13.3 Å². The second kappa shape index (κ2) is 7.85. The molecule has 0 unspecified atom stereocenters. The monoisotopic (exact) mass is 322 g/mol. The Labute approximate surface area is 134 Å². The van der Waals surface area contributed by atoms with Gasteiger partial charge in [0, 0.05) is 32.5 Å². The average Bonchev–Trinajstić information content (AvgIpc) is 2.98.